The van der Waals surface area contributed by atoms with Crippen molar-refractivity contribution >= 4 is 17.8 Å². The SMILES string of the molecule is CC(=O)NC(CCO)C(=O)O.CC(=O)O. The number of hydrogen-bond acceptors (Lipinski definition) is 4. The van der Waals surface area contributed by atoms with E-state index in [4.69, 9.17) is 20.1 Å². The molecule has 0 aromatic carbocycles. The van der Waals surface area contributed by atoms with E-state index < -0.39 is 23.9 Å². The molecule has 1 unspecified atom stereocenters. The van der Waals surface area contributed by atoms with Gasteiger partial charge in [-0.2, -0.15) is 0 Å². The van der Waals surface area contributed by atoms with Crippen LogP contribution in [0.3, 0.4) is 0 Å². The highest BCUT2D eigenvalue weighted by atomic mass is 16.4. The fraction of sp³-hybridized carbons (Fsp3) is 0.625. The van der Waals surface area contributed by atoms with E-state index in [1.54, 1.807) is 0 Å². The number of hydrogen-bond donors (Lipinski definition) is 4. The quantitative estimate of drug-likeness (QED) is 0.485. The van der Waals surface area contributed by atoms with Gasteiger partial charge in [0.05, 0.1) is 0 Å². The Morgan fingerprint density at radius 2 is 1.60 bits per heavy atom. The van der Waals surface area contributed by atoms with Gasteiger partial charge < -0.3 is 20.6 Å². The van der Waals surface area contributed by atoms with Crippen LogP contribution in [0.4, 0.5) is 0 Å². The normalized spacial score (nSPS) is 10.6. The summed E-state index contributed by atoms with van der Waals surface area (Å²) in [6.07, 6.45) is 0.0366. The number of aliphatic hydroxyl groups excluding tert-OH is 1. The Labute approximate surface area is 86.7 Å². The summed E-state index contributed by atoms with van der Waals surface area (Å²) < 4.78 is 0. The van der Waals surface area contributed by atoms with Gasteiger partial charge in [0, 0.05) is 26.9 Å². The van der Waals surface area contributed by atoms with Gasteiger partial charge in [0.15, 0.2) is 0 Å². The molecular formula is C8H15NO6. The Morgan fingerprint density at radius 1 is 1.20 bits per heavy atom. The van der Waals surface area contributed by atoms with Gasteiger partial charge in [-0.1, -0.05) is 0 Å². The first kappa shape index (κ1) is 15.8. The van der Waals surface area contributed by atoms with E-state index >= 15 is 0 Å². The lowest BCUT2D eigenvalue weighted by atomic mass is 10.2. The maximum atomic E-state index is 10.4. The smallest absolute Gasteiger partial charge is 0.326 e. The zero-order valence-corrected chi connectivity index (χ0v) is 8.56. The Hall–Kier alpha value is -1.63. The molecule has 0 saturated heterocycles. The monoisotopic (exact) mass is 221 g/mol. The number of amides is 1. The van der Waals surface area contributed by atoms with Crippen LogP contribution in [0.2, 0.25) is 0 Å². The van der Waals surface area contributed by atoms with Crippen LogP contribution >= 0.6 is 0 Å². The van der Waals surface area contributed by atoms with Crippen molar-refractivity contribution in [1.82, 2.24) is 5.32 Å². The number of nitrogens with one attached hydrogen (secondary N) is 1. The highest BCUT2D eigenvalue weighted by Gasteiger charge is 2.16. The van der Waals surface area contributed by atoms with Crippen LogP contribution in [0.25, 0.3) is 0 Å². The standard InChI is InChI=1S/C6H11NO4.C2H4O2/c1-4(9)7-5(2-3-8)6(10)11;1-2(3)4/h5,8H,2-3H2,1H3,(H,7,9)(H,10,11);1H3,(H,3,4). The highest BCUT2D eigenvalue weighted by Crippen LogP contribution is 1.90. The fourth-order valence-corrected chi connectivity index (χ4v) is 0.632. The number of aliphatic hydroxyl groups is 1. The van der Waals surface area contributed by atoms with E-state index in [1.807, 2.05) is 0 Å². The van der Waals surface area contributed by atoms with E-state index in [1.165, 1.54) is 6.92 Å². The molecular weight excluding hydrogens is 206 g/mol. The van der Waals surface area contributed by atoms with E-state index in [-0.39, 0.29) is 13.0 Å². The number of carbonyl (C=O) groups is 3. The number of carbonyl (C=O) groups excluding carboxylic acids is 1. The van der Waals surface area contributed by atoms with Crippen LogP contribution in [-0.4, -0.2) is 45.8 Å². The summed E-state index contributed by atoms with van der Waals surface area (Å²) in [5.74, 6) is -2.37. The lowest BCUT2D eigenvalue weighted by molar-refractivity contribution is -0.142. The first-order valence-corrected chi connectivity index (χ1v) is 4.11. The lowest BCUT2D eigenvalue weighted by Crippen LogP contribution is -2.40. The first-order valence-electron chi connectivity index (χ1n) is 4.11. The summed E-state index contributed by atoms with van der Waals surface area (Å²) in [4.78, 5) is 29.7. The molecule has 0 aromatic rings. The van der Waals surface area contributed by atoms with Gasteiger partial charge in [0.2, 0.25) is 5.91 Å². The van der Waals surface area contributed by atoms with Crippen molar-refractivity contribution in [2.45, 2.75) is 26.3 Å². The summed E-state index contributed by atoms with van der Waals surface area (Å²) in [6.45, 7) is 2.06. The Balaban J connectivity index is 0. The molecule has 0 aliphatic heterocycles. The second-order valence-electron chi connectivity index (χ2n) is 2.62. The van der Waals surface area contributed by atoms with Gasteiger partial charge >= 0.3 is 5.97 Å². The molecule has 0 spiro atoms. The Kier molecular flexibility index (Phi) is 9.44. The third-order valence-electron chi connectivity index (χ3n) is 1.09. The number of rotatable bonds is 4. The zero-order valence-electron chi connectivity index (χ0n) is 8.56. The second kappa shape index (κ2) is 8.95. The molecule has 7 heteroatoms. The molecule has 0 rings (SSSR count). The average Bonchev–Trinajstić information content (AvgIpc) is 2.01. The van der Waals surface area contributed by atoms with E-state index in [0.717, 1.165) is 6.92 Å². The number of carboxylic acid groups (broad SMARTS) is 2. The fourth-order valence-electron chi connectivity index (χ4n) is 0.632. The third-order valence-corrected chi connectivity index (χ3v) is 1.09. The summed E-state index contributed by atoms with van der Waals surface area (Å²) in [5, 5.41) is 26.4. The first-order chi connectivity index (χ1) is 6.81. The van der Waals surface area contributed by atoms with Crippen LogP contribution in [0.15, 0.2) is 0 Å². The van der Waals surface area contributed by atoms with Crippen molar-refractivity contribution in [2.24, 2.45) is 0 Å². The minimum absolute atomic E-state index is 0.0366. The van der Waals surface area contributed by atoms with Crippen LogP contribution in [0.1, 0.15) is 20.3 Å². The van der Waals surface area contributed by atoms with Gasteiger partial charge in [-0.25, -0.2) is 4.79 Å². The van der Waals surface area contributed by atoms with Crippen LogP contribution in [-0.2, 0) is 14.4 Å². The average molecular weight is 221 g/mol. The van der Waals surface area contributed by atoms with Crippen molar-refractivity contribution in [1.29, 1.82) is 0 Å². The molecule has 4 N–H and O–H groups in total. The predicted octanol–water partition coefficient (Wildman–Crippen LogP) is -0.951. The molecule has 0 bridgehead atoms. The molecule has 0 aliphatic rings. The van der Waals surface area contributed by atoms with Crippen molar-refractivity contribution in [2.75, 3.05) is 6.61 Å². The van der Waals surface area contributed by atoms with Crippen molar-refractivity contribution in [3.8, 4) is 0 Å². The number of aliphatic carboxylic acids is 2. The topological polar surface area (TPSA) is 124 Å². The number of carboxylic acids is 2. The van der Waals surface area contributed by atoms with E-state index in [9.17, 15) is 9.59 Å². The molecule has 0 fully saturated rings. The van der Waals surface area contributed by atoms with Gasteiger partial charge in [0.25, 0.3) is 5.97 Å². The molecule has 0 aliphatic carbocycles. The molecule has 0 heterocycles. The molecule has 15 heavy (non-hydrogen) atoms. The van der Waals surface area contributed by atoms with Crippen molar-refractivity contribution in [3.05, 3.63) is 0 Å². The minimum Gasteiger partial charge on any atom is -0.481 e. The van der Waals surface area contributed by atoms with Gasteiger partial charge in [-0.15, -0.1) is 0 Å². The molecule has 1 atom stereocenters. The second-order valence-corrected chi connectivity index (χ2v) is 2.62. The highest BCUT2D eigenvalue weighted by molar-refractivity contribution is 5.81. The molecule has 7 nitrogen and oxygen atoms in total. The largest absolute Gasteiger partial charge is 0.481 e. The summed E-state index contributed by atoms with van der Waals surface area (Å²) in [5.41, 5.74) is 0. The maximum Gasteiger partial charge on any atom is 0.326 e. The molecule has 1 amide bonds. The minimum atomic E-state index is -1.13. The lowest BCUT2D eigenvalue weighted by Gasteiger charge is -2.10. The molecule has 88 valence electrons. The summed E-state index contributed by atoms with van der Waals surface area (Å²) in [7, 11) is 0. The predicted molar refractivity (Wildman–Crippen MR) is 50.3 cm³/mol. The molecule has 0 saturated carbocycles. The Morgan fingerprint density at radius 3 is 1.80 bits per heavy atom. The maximum absolute atomic E-state index is 10.4. The van der Waals surface area contributed by atoms with E-state index in [0.29, 0.717) is 0 Å². The van der Waals surface area contributed by atoms with Crippen LogP contribution in [0.5, 0.6) is 0 Å². The third kappa shape index (κ3) is 15.2. The zero-order chi connectivity index (χ0) is 12.4. The van der Waals surface area contributed by atoms with Crippen molar-refractivity contribution < 1.29 is 29.7 Å². The van der Waals surface area contributed by atoms with E-state index in [2.05, 4.69) is 5.32 Å². The molecule has 0 aromatic heterocycles. The van der Waals surface area contributed by atoms with Crippen molar-refractivity contribution in [3.63, 3.8) is 0 Å². The van der Waals surface area contributed by atoms with Gasteiger partial charge in [0.1, 0.15) is 6.04 Å². The van der Waals surface area contributed by atoms with Gasteiger partial charge in [-0.05, 0) is 0 Å². The van der Waals surface area contributed by atoms with Gasteiger partial charge in [-0.3, -0.25) is 9.59 Å². The van der Waals surface area contributed by atoms with Crippen LogP contribution < -0.4 is 5.32 Å². The Bertz CT molecular complexity index is 223. The van der Waals surface area contributed by atoms with Crippen LogP contribution in [0, 0.1) is 0 Å². The molecule has 0 radical (unpaired) electrons. The summed E-state index contributed by atoms with van der Waals surface area (Å²) in [6, 6.07) is -0.975. The summed E-state index contributed by atoms with van der Waals surface area (Å²) >= 11 is 0.